The van der Waals surface area contributed by atoms with Crippen LogP contribution in [-0.4, -0.2) is 28.5 Å². The molecular formula is C15H15ClN2O2. The third-order valence-electron chi connectivity index (χ3n) is 3.70. The molecule has 0 atom stereocenters. The first-order chi connectivity index (χ1) is 9.65. The second-order valence-corrected chi connectivity index (χ2v) is 5.49. The van der Waals surface area contributed by atoms with Gasteiger partial charge in [-0.05, 0) is 31.0 Å². The largest absolute Gasteiger partial charge is 0.341 e. The van der Waals surface area contributed by atoms with Crippen LogP contribution in [0.1, 0.15) is 12.8 Å². The van der Waals surface area contributed by atoms with Crippen molar-refractivity contribution in [1.29, 1.82) is 0 Å². The molecule has 5 heteroatoms. The van der Waals surface area contributed by atoms with Gasteiger partial charge in [0, 0.05) is 35.8 Å². The summed E-state index contributed by atoms with van der Waals surface area (Å²) >= 11 is 5.93. The van der Waals surface area contributed by atoms with Crippen LogP contribution in [0.3, 0.4) is 0 Å². The molecule has 1 amide bonds. The molecule has 1 fully saturated rings. The van der Waals surface area contributed by atoms with Crippen LogP contribution in [0.5, 0.6) is 0 Å². The lowest BCUT2D eigenvalue weighted by molar-refractivity contribution is -0.130. The molecule has 3 rings (SSSR count). The summed E-state index contributed by atoms with van der Waals surface area (Å²) in [5.41, 5.74) is 0.668. The van der Waals surface area contributed by atoms with Crippen LogP contribution in [0, 0.1) is 0 Å². The number of carbonyl (C=O) groups is 1. The molecule has 0 saturated carbocycles. The number of amides is 1. The Morgan fingerprint density at radius 1 is 1.20 bits per heavy atom. The summed E-state index contributed by atoms with van der Waals surface area (Å²) in [7, 11) is 0. The number of benzene rings is 1. The first-order valence-electron chi connectivity index (χ1n) is 6.71. The van der Waals surface area contributed by atoms with E-state index < -0.39 is 0 Å². The fourth-order valence-electron chi connectivity index (χ4n) is 2.63. The summed E-state index contributed by atoms with van der Waals surface area (Å²) < 4.78 is 1.81. The molecule has 20 heavy (non-hydrogen) atoms. The summed E-state index contributed by atoms with van der Waals surface area (Å²) in [6, 6.07) is 6.66. The lowest BCUT2D eigenvalue weighted by atomic mass is 10.2. The van der Waals surface area contributed by atoms with Crippen LogP contribution in [0.25, 0.3) is 10.9 Å². The average molecular weight is 291 g/mol. The smallest absolute Gasteiger partial charge is 0.242 e. The molecule has 1 aliphatic rings. The van der Waals surface area contributed by atoms with Gasteiger partial charge in [-0.2, -0.15) is 0 Å². The summed E-state index contributed by atoms with van der Waals surface area (Å²) in [6.07, 6.45) is 3.82. The van der Waals surface area contributed by atoms with Crippen molar-refractivity contribution in [3.05, 3.63) is 45.7 Å². The highest BCUT2D eigenvalue weighted by Gasteiger charge is 2.18. The zero-order valence-electron chi connectivity index (χ0n) is 11.0. The molecule has 0 spiro atoms. The van der Waals surface area contributed by atoms with Gasteiger partial charge in [0.1, 0.15) is 6.54 Å². The fraction of sp³-hybridized carbons (Fsp3) is 0.333. The predicted octanol–water partition coefficient (Wildman–Crippen LogP) is 2.28. The Hall–Kier alpha value is -1.81. The number of rotatable bonds is 2. The van der Waals surface area contributed by atoms with Crippen LogP contribution in [-0.2, 0) is 11.3 Å². The summed E-state index contributed by atoms with van der Waals surface area (Å²) in [4.78, 5) is 25.9. The van der Waals surface area contributed by atoms with E-state index in [-0.39, 0.29) is 17.9 Å². The Labute approximate surface area is 121 Å². The topological polar surface area (TPSA) is 42.3 Å². The van der Waals surface area contributed by atoms with Gasteiger partial charge in [-0.3, -0.25) is 9.59 Å². The molecule has 104 valence electrons. The molecule has 1 aromatic heterocycles. The third kappa shape index (κ3) is 2.43. The molecule has 2 aromatic rings. The van der Waals surface area contributed by atoms with E-state index in [0.717, 1.165) is 31.4 Å². The van der Waals surface area contributed by atoms with Gasteiger partial charge in [-0.25, -0.2) is 0 Å². The Morgan fingerprint density at radius 3 is 2.70 bits per heavy atom. The Kier molecular flexibility index (Phi) is 3.49. The Balaban J connectivity index is 1.97. The van der Waals surface area contributed by atoms with E-state index >= 15 is 0 Å². The summed E-state index contributed by atoms with van der Waals surface area (Å²) in [6.45, 7) is 1.93. The zero-order chi connectivity index (χ0) is 14.1. The van der Waals surface area contributed by atoms with Gasteiger partial charge >= 0.3 is 0 Å². The van der Waals surface area contributed by atoms with Gasteiger partial charge in [0.05, 0.1) is 5.52 Å². The molecule has 1 aromatic carbocycles. The maximum absolute atomic E-state index is 12.2. The van der Waals surface area contributed by atoms with E-state index in [9.17, 15) is 9.59 Å². The number of pyridine rings is 1. The van der Waals surface area contributed by atoms with Crippen LogP contribution in [0.2, 0.25) is 5.02 Å². The van der Waals surface area contributed by atoms with Crippen molar-refractivity contribution in [2.45, 2.75) is 19.4 Å². The lowest BCUT2D eigenvalue weighted by Crippen LogP contribution is -2.31. The number of hydrogen-bond donors (Lipinski definition) is 0. The van der Waals surface area contributed by atoms with E-state index in [2.05, 4.69) is 0 Å². The number of carbonyl (C=O) groups excluding carboxylic acids is 1. The number of likely N-dealkylation sites (tertiary alicyclic amines) is 1. The number of aromatic nitrogens is 1. The molecule has 4 nitrogen and oxygen atoms in total. The number of fused-ring (bicyclic) bond motifs is 1. The maximum atomic E-state index is 12.2. The second kappa shape index (κ2) is 5.29. The fourth-order valence-corrected chi connectivity index (χ4v) is 2.81. The normalized spacial score (nSPS) is 14.9. The Morgan fingerprint density at radius 2 is 1.95 bits per heavy atom. The van der Waals surface area contributed by atoms with E-state index in [4.69, 9.17) is 11.6 Å². The van der Waals surface area contributed by atoms with Crippen molar-refractivity contribution in [2.24, 2.45) is 0 Å². The highest BCUT2D eigenvalue weighted by Crippen LogP contribution is 2.17. The van der Waals surface area contributed by atoms with Crippen molar-refractivity contribution in [1.82, 2.24) is 9.47 Å². The van der Waals surface area contributed by atoms with Crippen molar-refractivity contribution >= 4 is 28.4 Å². The van der Waals surface area contributed by atoms with E-state index in [1.54, 1.807) is 24.4 Å². The molecule has 0 N–H and O–H groups in total. The van der Waals surface area contributed by atoms with Crippen molar-refractivity contribution in [3.8, 4) is 0 Å². The molecule has 0 aliphatic carbocycles. The van der Waals surface area contributed by atoms with Gasteiger partial charge < -0.3 is 9.47 Å². The minimum absolute atomic E-state index is 0.0765. The van der Waals surface area contributed by atoms with Crippen LogP contribution < -0.4 is 5.43 Å². The SMILES string of the molecule is O=C(Cn1ccc(=O)c2cc(Cl)ccc21)N1CCCC1. The van der Waals surface area contributed by atoms with Gasteiger partial charge in [0.25, 0.3) is 0 Å². The minimum Gasteiger partial charge on any atom is -0.341 e. The predicted molar refractivity (Wildman–Crippen MR) is 79.0 cm³/mol. The van der Waals surface area contributed by atoms with Gasteiger partial charge in [0.15, 0.2) is 5.43 Å². The van der Waals surface area contributed by atoms with Gasteiger partial charge in [0.2, 0.25) is 5.91 Å². The van der Waals surface area contributed by atoms with Crippen molar-refractivity contribution in [3.63, 3.8) is 0 Å². The molecule has 1 saturated heterocycles. The lowest BCUT2D eigenvalue weighted by Gasteiger charge is -2.17. The highest BCUT2D eigenvalue weighted by molar-refractivity contribution is 6.31. The van der Waals surface area contributed by atoms with E-state index in [1.807, 2.05) is 9.47 Å². The molecular weight excluding hydrogens is 276 g/mol. The first kappa shape index (κ1) is 13.2. The number of halogens is 1. The minimum atomic E-state index is -0.0765. The second-order valence-electron chi connectivity index (χ2n) is 5.06. The van der Waals surface area contributed by atoms with Crippen molar-refractivity contribution in [2.75, 3.05) is 13.1 Å². The van der Waals surface area contributed by atoms with Crippen molar-refractivity contribution < 1.29 is 4.79 Å². The zero-order valence-corrected chi connectivity index (χ0v) is 11.8. The molecule has 1 aliphatic heterocycles. The van der Waals surface area contributed by atoms with Gasteiger partial charge in [-0.1, -0.05) is 11.6 Å². The molecule has 0 radical (unpaired) electrons. The number of nitrogens with zero attached hydrogens (tertiary/aromatic N) is 2. The first-order valence-corrected chi connectivity index (χ1v) is 7.09. The molecule has 2 heterocycles. The summed E-state index contributed by atoms with van der Waals surface area (Å²) in [5, 5.41) is 1.08. The third-order valence-corrected chi connectivity index (χ3v) is 3.94. The monoisotopic (exact) mass is 290 g/mol. The molecule has 0 bridgehead atoms. The van der Waals surface area contributed by atoms with Gasteiger partial charge in [-0.15, -0.1) is 0 Å². The van der Waals surface area contributed by atoms with Crippen LogP contribution in [0.4, 0.5) is 0 Å². The van der Waals surface area contributed by atoms with E-state index in [0.29, 0.717) is 10.4 Å². The maximum Gasteiger partial charge on any atom is 0.242 e. The summed E-state index contributed by atoms with van der Waals surface area (Å²) in [5.74, 6) is 0.0994. The number of hydrogen-bond acceptors (Lipinski definition) is 2. The quantitative estimate of drug-likeness (QED) is 0.851. The van der Waals surface area contributed by atoms with E-state index in [1.165, 1.54) is 6.07 Å². The molecule has 0 unspecified atom stereocenters. The highest BCUT2D eigenvalue weighted by atomic mass is 35.5. The van der Waals surface area contributed by atoms with Crippen LogP contribution >= 0.6 is 11.6 Å². The average Bonchev–Trinajstić information content (AvgIpc) is 2.96. The standard InChI is InChI=1S/C15H15ClN2O2/c16-11-3-4-13-12(9-11)14(19)5-8-18(13)10-15(20)17-6-1-2-7-17/h3-5,8-9H,1-2,6-7,10H2. The van der Waals surface area contributed by atoms with Crippen LogP contribution in [0.15, 0.2) is 35.3 Å². The Bertz CT molecular complexity index is 717.